The minimum atomic E-state index is 0.297. The van der Waals surface area contributed by atoms with Crippen LogP contribution in [0.3, 0.4) is 0 Å². The molecule has 1 heterocycles. The molecule has 0 saturated carbocycles. The summed E-state index contributed by atoms with van der Waals surface area (Å²) < 4.78 is 5.12. The van der Waals surface area contributed by atoms with Crippen molar-refractivity contribution in [1.82, 2.24) is 5.16 Å². The summed E-state index contributed by atoms with van der Waals surface area (Å²) in [6, 6.07) is 8.45. The highest BCUT2D eigenvalue weighted by Crippen LogP contribution is 2.34. The Morgan fingerprint density at radius 1 is 1.00 bits per heavy atom. The van der Waals surface area contributed by atoms with Crippen LogP contribution in [0.4, 0.5) is 5.88 Å². The monoisotopic (exact) mass is 244 g/mol. The summed E-state index contributed by atoms with van der Waals surface area (Å²) in [5.74, 6) is 1.23. The minimum Gasteiger partial charge on any atom is -0.367 e. The zero-order valence-electron chi connectivity index (χ0n) is 11.4. The molecule has 0 spiro atoms. The van der Waals surface area contributed by atoms with Gasteiger partial charge >= 0.3 is 0 Å². The van der Waals surface area contributed by atoms with Crippen molar-refractivity contribution in [1.29, 1.82) is 0 Å². The molecule has 0 aliphatic rings. The molecule has 0 atom stereocenters. The number of rotatable bonds is 3. The van der Waals surface area contributed by atoms with Crippen molar-refractivity contribution in [3.05, 3.63) is 35.5 Å². The zero-order chi connectivity index (χ0) is 13.3. The third kappa shape index (κ3) is 2.26. The SMILES string of the molecule is CC(C)c1ccc(-c2c(C(C)C)noc2N)cc1. The molecule has 2 N–H and O–H groups in total. The number of nitrogen functional groups attached to an aromatic ring is 1. The number of hydrogen-bond donors (Lipinski definition) is 1. The Kier molecular flexibility index (Phi) is 3.41. The van der Waals surface area contributed by atoms with Gasteiger partial charge in [-0.25, -0.2) is 0 Å². The molecule has 2 aromatic rings. The number of aromatic nitrogens is 1. The Hall–Kier alpha value is -1.77. The highest BCUT2D eigenvalue weighted by atomic mass is 16.5. The first-order chi connectivity index (χ1) is 8.50. The Labute approximate surface area is 108 Å². The number of nitrogens with zero attached hydrogens (tertiary/aromatic N) is 1. The van der Waals surface area contributed by atoms with Gasteiger partial charge in [-0.1, -0.05) is 57.1 Å². The maximum absolute atomic E-state index is 5.88. The van der Waals surface area contributed by atoms with Crippen LogP contribution < -0.4 is 5.73 Å². The summed E-state index contributed by atoms with van der Waals surface area (Å²) in [5.41, 5.74) is 10.1. The fourth-order valence-electron chi connectivity index (χ4n) is 2.03. The standard InChI is InChI=1S/C15H20N2O/c1-9(2)11-5-7-12(8-6-11)13-14(10(3)4)17-18-15(13)16/h5-10H,16H2,1-4H3. The van der Waals surface area contributed by atoms with E-state index in [-0.39, 0.29) is 0 Å². The largest absolute Gasteiger partial charge is 0.367 e. The smallest absolute Gasteiger partial charge is 0.230 e. The summed E-state index contributed by atoms with van der Waals surface area (Å²) in [7, 11) is 0. The lowest BCUT2D eigenvalue weighted by Crippen LogP contribution is -1.94. The third-order valence-electron chi connectivity index (χ3n) is 3.16. The van der Waals surface area contributed by atoms with E-state index >= 15 is 0 Å². The molecule has 0 fully saturated rings. The molecule has 3 nitrogen and oxygen atoms in total. The van der Waals surface area contributed by atoms with Crippen molar-refractivity contribution in [2.75, 3.05) is 5.73 Å². The van der Waals surface area contributed by atoms with Crippen LogP contribution in [0.2, 0.25) is 0 Å². The van der Waals surface area contributed by atoms with Gasteiger partial charge in [0.1, 0.15) is 0 Å². The molecule has 1 aromatic heterocycles. The average molecular weight is 244 g/mol. The average Bonchev–Trinajstić information content (AvgIpc) is 2.71. The molecule has 96 valence electrons. The van der Waals surface area contributed by atoms with E-state index in [0.717, 1.165) is 16.8 Å². The normalized spacial score (nSPS) is 11.4. The Morgan fingerprint density at radius 3 is 2.11 bits per heavy atom. The molecule has 0 aliphatic heterocycles. The number of nitrogens with two attached hydrogens (primary N) is 1. The van der Waals surface area contributed by atoms with Gasteiger partial charge < -0.3 is 10.3 Å². The van der Waals surface area contributed by atoms with E-state index in [1.165, 1.54) is 5.56 Å². The number of benzene rings is 1. The molecular formula is C15H20N2O. The highest BCUT2D eigenvalue weighted by Gasteiger charge is 2.18. The first-order valence-corrected chi connectivity index (χ1v) is 6.36. The van der Waals surface area contributed by atoms with Gasteiger partial charge in [-0.2, -0.15) is 0 Å². The van der Waals surface area contributed by atoms with Gasteiger partial charge in [0.15, 0.2) is 0 Å². The van der Waals surface area contributed by atoms with E-state index in [1.54, 1.807) is 0 Å². The van der Waals surface area contributed by atoms with Crippen molar-refractivity contribution in [3.8, 4) is 11.1 Å². The Morgan fingerprint density at radius 2 is 1.61 bits per heavy atom. The maximum atomic E-state index is 5.88. The number of hydrogen-bond acceptors (Lipinski definition) is 3. The zero-order valence-corrected chi connectivity index (χ0v) is 11.4. The van der Waals surface area contributed by atoms with Crippen LogP contribution in [0.25, 0.3) is 11.1 Å². The van der Waals surface area contributed by atoms with Crippen molar-refractivity contribution < 1.29 is 4.52 Å². The van der Waals surface area contributed by atoms with Crippen LogP contribution in [-0.4, -0.2) is 5.16 Å². The van der Waals surface area contributed by atoms with Gasteiger partial charge in [0, 0.05) is 0 Å². The first-order valence-electron chi connectivity index (χ1n) is 6.36. The molecule has 18 heavy (non-hydrogen) atoms. The molecule has 1 aromatic carbocycles. The molecule has 0 bridgehead atoms. The van der Waals surface area contributed by atoms with E-state index in [0.29, 0.717) is 17.7 Å². The molecule has 2 rings (SSSR count). The molecular weight excluding hydrogens is 224 g/mol. The summed E-state index contributed by atoms with van der Waals surface area (Å²) in [6.45, 7) is 8.54. The fraction of sp³-hybridized carbons (Fsp3) is 0.400. The van der Waals surface area contributed by atoms with Crippen LogP contribution in [0.5, 0.6) is 0 Å². The lowest BCUT2D eigenvalue weighted by molar-refractivity contribution is 0.424. The number of anilines is 1. The highest BCUT2D eigenvalue weighted by molar-refractivity contribution is 5.75. The van der Waals surface area contributed by atoms with E-state index in [4.69, 9.17) is 10.3 Å². The minimum absolute atomic E-state index is 0.297. The molecule has 0 saturated heterocycles. The summed E-state index contributed by atoms with van der Waals surface area (Å²) in [5, 5.41) is 4.05. The molecule has 0 amide bonds. The second-order valence-corrected chi connectivity index (χ2v) is 5.24. The van der Waals surface area contributed by atoms with Gasteiger partial charge in [0.25, 0.3) is 0 Å². The van der Waals surface area contributed by atoms with Crippen LogP contribution in [-0.2, 0) is 0 Å². The van der Waals surface area contributed by atoms with Crippen LogP contribution in [0.1, 0.15) is 50.8 Å². The second kappa shape index (κ2) is 4.84. The van der Waals surface area contributed by atoms with Crippen molar-refractivity contribution in [2.45, 2.75) is 39.5 Å². The van der Waals surface area contributed by atoms with E-state index in [2.05, 4.69) is 57.1 Å². The third-order valence-corrected chi connectivity index (χ3v) is 3.16. The van der Waals surface area contributed by atoms with Gasteiger partial charge in [-0.3, -0.25) is 0 Å². The van der Waals surface area contributed by atoms with Gasteiger partial charge in [0.05, 0.1) is 11.3 Å². The lowest BCUT2D eigenvalue weighted by atomic mass is 9.96. The van der Waals surface area contributed by atoms with Gasteiger partial charge in [0.2, 0.25) is 5.88 Å². The van der Waals surface area contributed by atoms with Crippen LogP contribution in [0.15, 0.2) is 28.8 Å². The van der Waals surface area contributed by atoms with Crippen molar-refractivity contribution in [2.24, 2.45) is 0 Å². The second-order valence-electron chi connectivity index (χ2n) is 5.24. The Bertz CT molecular complexity index is 524. The van der Waals surface area contributed by atoms with Gasteiger partial charge in [-0.05, 0) is 23.0 Å². The maximum Gasteiger partial charge on any atom is 0.230 e. The Balaban J connectivity index is 2.45. The first kappa shape index (κ1) is 12.7. The molecule has 0 unspecified atom stereocenters. The lowest BCUT2D eigenvalue weighted by Gasteiger charge is -2.08. The van der Waals surface area contributed by atoms with E-state index in [1.807, 2.05) is 0 Å². The van der Waals surface area contributed by atoms with E-state index < -0.39 is 0 Å². The summed E-state index contributed by atoms with van der Waals surface area (Å²) >= 11 is 0. The summed E-state index contributed by atoms with van der Waals surface area (Å²) in [6.07, 6.45) is 0. The van der Waals surface area contributed by atoms with Crippen molar-refractivity contribution >= 4 is 5.88 Å². The fourth-order valence-corrected chi connectivity index (χ4v) is 2.03. The van der Waals surface area contributed by atoms with E-state index in [9.17, 15) is 0 Å². The quantitative estimate of drug-likeness (QED) is 0.881. The molecule has 0 aliphatic carbocycles. The van der Waals surface area contributed by atoms with Crippen LogP contribution >= 0.6 is 0 Å². The van der Waals surface area contributed by atoms with Crippen molar-refractivity contribution in [3.63, 3.8) is 0 Å². The summed E-state index contributed by atoms with van der Waals surface area (Å²) in [4.78, 5) is 0. The molecule has 3 heteroatoms. The predicted molar refractivity (Wildman–Crippen MR) is 74.5 cm³/mol. The topological polar surface area (TPSA) is 52.0 Å². The predicted octanol–water partition coefficient (Wildman–Crippen LogP) is 4.17. The van der Waals surface area contributed by atoms with Gasteiger partial charge in [-0.15, -0.1) is 0 Å². The molecule has 0 radical (unpaired) electrons. The van der Waals surface area contributed by atoms with Crippen LogP contribution in [0, 0.1) is 0 Å².